The second-order valence-corrected chi connectivity index (χ2v) is 6.42. The van der Waals surface area contributed by atoms with Gasteiger partial charge in [0.1, 0.15) is 17.3 Å². The first-order chi connectivity index (χ1) is 12.1. The predicted molar refractivity (Wildman–Crippen MR) is 92.5 cm³/mol. The fraction of sp³-hybridized carbons (Fsp3) is 0.235. The minimum atomic E-state index is -0.828. The first kappa shape index (κ1) is 17.4. The van der Waals surface area contributed by atoms with Gasteiger partial charge in [-0.3, -0.25) is 0 Å². The molecule has 0 aliphatic rings. The second kappa shape index (κ2) is 7.62. The van der Waals surface area contributed by atoms with Crippen LogP contribution in [0.5, 0.6) is 5.75 Å². The first-order valence-corrected chi connectivity index (χ1v) is 8.57. The molecule has 8 heteroatoms. The Morgan fingerprint density at radius 2 is 2.12 bits per heavy atom. The third-order valence-corrected chi connectivity index (χ3v) is 4.60. The second-order valence-electron chi connectivity index (χ2n) is 5.43. The van der Waals surface area contributed by atoms with Crippen LogP contribution in [0.1, 0.15) is 17.2 Å². The standard InChI is InChI=1S/C17H17FN4O2S/c1-11-6-7-16(24-2)14(8-11)22-17(19-20-21-22)25-10-15(23)12-4-3-5-13(18)9-12/h3-9,15,23H,10H2,1-2H3. The van der Waals surface area contributed by atoms with E-state index in [0.29, 0.717) is 16.5 Å². The van der Waals surface area contributed by atoms with Crippen molar-refractivity contribution in [2.75, 3.05) is 12.9 Å². The molecule has 0 saturated carbocycles. The molecule has 0 aliphatic carbocycles. The molecule has 0 saturated heterocycles. The molecule has 0 amide bonds. The van der Waals surface area contributed by atoms with Crippen molar-refractivity contribution in [3.8, 4) is 11.4 Å². The number of benzene rings is 2. The quantitative estimate of drug-likeness (QED) is 0.682. The van der Waals surface area contributed by atoms with Gasteiger partial charge in [-0.25, -0.2) is 4.39 Å². The normalized spacial score (nSPS) is 12.2. The summed E-state index contributed by atoms with van der Waals surface area (Å²) in [6.07, 6.45) is -0.828. The van der Waals surface area contributed by atoms with E-state index < -0.39 is 6.10 Å². The Bertz CT molecular complexity index is 871. The number of rotatable bonds is 6. The third kappa shape index (κ3) is 3.97. The number of halogens is 1. The molecule has 6 nitrogen and oxygen atoms in total. The van der Waals surface area contributed by atoms with Crippen molar-refractivity contribution < 1.29 is 14.2 Å². The summed E-state index contributed by atoms with van der Waals surface area (Å²) in [6.45, 7) is 1.97. The zero-order chi connectivity index (χ0) is 17.8. The Kier molecular flexibility index (Phi) is 5.30. The lowest BCUT2D eigenvalue weighted by atomic mass is 10.1. The lowest BCUT2D eigenvalue weighted by Gasteiger charge is -2.12. The van der Waals surface area contributed by atoms with Crippen LogP contribution >= 0.6 is 11.8 Å². The summed E-state index contributed by atoms with van der Waals surface area (Å²) in [4.78, 5) is 0. The molecule has 25 heavy (non-hydrogen) atoms. The van der Waals surface area contributed by atoms with E-state index in [1.165, 1.54) is 23.9 Å². The van der Waals surface area contributed by atoms with E-state index in [-0.39, 0.29) is 11.6 Å². The van der Waals surface area contributed by atoms with Crippen LogP contribution in [0.3, 0.4) is 0 Å². The summed E-state index contributed by atoms with van der Waals surface area (Å²) in [5.41, 5.74) is 2.27. The van der Waals surface area contributed by atoms with Gasteiger partial charge in [-0.2, -0.15) is 4.68 Å². The van der Waals surface area contributed by atoms with Gasteiger partial charge in [0.05, 0.1) is 13.2 Å². The number of hydrogen-bond donors (Lipinski definition) is 1. The Morgan fingerprint density at radius 3 is 2.88 bits per heavy atom. The minimum absolute atomic E-state index is 0.290. The summed E-state index contributed by atoms with van der Waals surface area (Å²) in [7, 11) is 1.58. The Morgan fingerprint density at radius 1 is 1.28 bits per heavy atom. The molecular weight excluding hydrogens is 343 g/mol. The number of nitrogens with zero attached hydrogens (tertiary/aromatic N) is 4. The average molecular weight is 360 g/mol. The van der Waals surface area contributed by atoms with E-state index in [0.717, 1.165) is 11.3 Å². The van der Waals surface area contributed by atoms with E-state index in [2.05, 4.69) is 15.5 Å². The summed E-state index contributed by atoms with van der Waals surface area (Å²) in [6, 6.07) is 11.6. The van der Waals surface area contributed by atoms with Crippen molar-refractivity contribution in [3.05, 3.63) is 59.4 Å². The van der Waals surface area contributed by atoms with Crippen LogP contribution in [-0.4, -0.2) is 38.2 Å². The van der Waals surface area contributed by atoms with E-state index in [4.69, 9.17) is 4.74 Å². The molecule has 2 aromatic carbocycles. The van der Waals surface area contributed by atoms with Crippen molar-refractivity contribution in [3.63, 3.8) is 0 Å². The minimum Gasteiger partial charge on any atom is -0.494 e. The number of ether oxygens (including phenoxy) is 1. The van der Waals surface area contributed by atoms with Crippen LogP contribution in [0.25, 0.3) is 5.69 Å². The molecule has 0 radical (unpaired) electrons. The average Bonchev–Trinajstić information content (AvgIpc) is 3.08. The smallest absolute Gasteiger partial charge is 0.214 e. The van der Waals surface area contributed by atoms with Gasteiger partial charge in [0.15, 0.2) is 0 Å². The number of aromatic nitrogens is 4. The van der Waals surface area contributed by atoms with Crippen molar-refractivity contribution in [2.24, 2.45) is 0 Å². The Hall–Kier alpha value is -2.45. The topological polar surface area (TPSA) is 73.1 Å². The number of hydrogen-bond acceptors (Lipinski definition) is 6. The fourth-order valence-corrected chi connectivity index (χ4v) is 3.20. The molecule has 0 spiro atoms. The predicted octanol–water partition coefficient (Wildman–Crippen LogP) is 2.94. The molecule has 1 aromatic heterocycles. The number of aryl methyl sites for hydroxylation is 1. The summed E-state index contributed by atoms with van der Waals surface area (Å²) in [5.74, 6) is 0.555. The molecule has 0 bridgehead atoms. The molecule has 130 valence electrons. The molecular formula is C17H17FN4O2S. The number of thioether (sulfide) groups is 1. The molecule has 1 atom stereocenters. The third-order valence-electron chi connectivity index (χ3n) is 3.61. The summed E-state index contributed by atoms with van der Waals surface area (Å²) >= 11 is 1.28. The Labute approximate surface area is 148 Å². The number of aliphatic hydroxyl groups is 1. The maximum atomic E-state index is 13.3. The maximum absolute atomic E-state index is 13.3. The van der Waals surface area contributed by atoms with Gasteiger partial charge in [-0.1, -0.05) is 30.0 Å². The molecule has 0 fully saturated rings. The van der Waals surface area contributed by atoms with Crippen LogP contribution in [0.15, 0.2) is 47.6 Å². The van der Waals surface area contributed by atoms with Gasteiger partial charge >= 0.3 is 0 Å². The van der Waals surface area contributed by atoms with Crippen LogP contribution < -0.4 is 4.74 Å². The highest BCUT2D eigenvalue weighted by atomic mass is 32.2. The van der Waals surface area contributed by atoms with Crippen LogP contribution in [0.4, 0.5) is 4.39 Å². The number of methoxy groups -OCH3 is 1. The molecule has 0 aliphatic heterocycles. The van der Waals surface area contributed by atoms with Gasteiger partial charge < -0.3 is 9.84 Å². The van der Waals surface area contributed by atoms with Crippen molar-refractivity contribution >= 4 is 11.8 Å². The van der Waals surface area contributed by atoms with Crippen LogP contribution in [0.2, 0.25) is 0 Å². The zero-order valence-corrected chi connectivity index (χ0v) is 14.6. The lowest BCUT2D eigenvalue weighted by Crippen LogP contribution is -2.05. The molecule has 3 rings (SSSR count). The highest BCUT2D eigenvalue weighted by Crippen LogP contribution is 2.29. The lowest BCUT2D eigenvalue weighted by molar-refractivity contribution is 0.203. The van der Waals surface area contributed by atoms with Gasteiger partial charge in [0.25, 0.3) is 0 Å². The van der Waals surface area contributed by atoms with Crippen LogP contribution in [0, 0.1) is 12.7 Å². The molecule has 1 N–H and O–H groups in total. The van der Waals surface area contributed by atoms with Gasteiger partial charge in [0.2, 0.25) is 5.16 Å². The van der Waals surface area contributed by atoms with E-state index in [1.54, 1.807) is 23.9 Å². The van der Waals surface area contributed by atoms with Gasteiger partial charge in [-0.05, 0) is 52.7 Å². The van der Waals surface area contributed by atoms with Crippen molar-refractivity contribution in [2.45, 2.75) is 18.2 Å². The highest BCUT2D eigenvalue weighted by molar-refractivity contribution is 7.99. The number of aliphatic hydroxyl groups excluding tert-OH is 1. The fourth-order valence-electron chi connectivity index (χ4n) is 2.35. The van der Waals surface area contributed by atoms with Crippen LogP contribution in [-0.2, 0) is 0 Å². The highest BCUT2D eigenvalue weighted by Gasteiger charge is 2.16. The van der Waals surface area contributed by atoms with Gasteiger partial charge in [-0.15, -0.1) is 5.10 Å². The molecule has 1 heterocycles. The van der Waals surface area contributed by atoms with Crippen molar-refractivity contribution in [1.82, 2.24) is 20.2 Å². The summed E-state index contributed by atoms with van der Waals surface area (Å²) in [5, 5.41) is 22.5. The van der Waals surface area contributed by atoms with Gasteiger partial charge in [0, 0.05) is 5.75 Å². The monoisotopic (exact) mass is 360 g/mol. The summed E-state index contributed by atoms with van der Waals surface area (Å²) < 4.78 is 20.2. The SMILES string of the molecule is COc1ccc(C)cc1-n1nnnc1SCC(O)c1cccc(F)c1. The molecule has 1 unspecified atom stereocenters. The van der Waals surface area contributed by atoms with E-state index in [1.807, 2.05) is 25.1 Å². The zero-order valence-electron chi connectivity index (χ0n) is 13.8. The Balaban J connectivity index is 1.80. The van der Waals surface area contributed by atoms with E-state index >= 15 is 0 Å². The molecule has 3 aromatic rings. The van der Waals surface area contributed by atoms with E-state index in [9.17, 15) is 9.50 Å². The maximum Gasteiger partial charge on any atom is 0.214 e. The largest absolute Gasteiger partial charge is 0.494 e. The first-order valence-electron chi connectivity index (χ1n) is 7.58. The van der Waals surface area contributed by atoms with Crippen molar-refractivity contribution in [1.29, 1.82) is 0 Å². The number of tetrazole rings is 1.